The maximum atomic E-state index is 11.8. The van der Waals surface area contributed by atoms with E-state index >= 15 is 0 Å². The van der Waals surface area contributed by atoms with Gasteiger partial charge in [-0.3, -0.25) is 4.79 Å². The van der Waals surface area contributed by atoms with E-state index in [9.17, 15) is 9.90 Å². The molecular formula is C19H19N3O2. The van der Waals surface area contributed by atoms with E-state index in [1.165, 1.54) is 0 Å². The van der Waals surface area contributed by atoms with Crippen molar-refractivity contribution in [3.63, 3.8) is 0 Å². The maximum absolute atomic E-state index is 11.8. The van der Waals surface area contributed by atoms with Gasteiger partial charge in [-0.05, 0) is 53.3 Å². The van der Waals surface area contributed by atoms with Gasteiger partial charge in [0.1, 0.15) is 5.60 Å². The van der Waals surface area contributed by atoms with E-state index in [0.29, 0.717) is 5.56 Å². The number of H-pyrrole nitrogens is 1. The molecule has 1 aromatic heterocycles. The smallest absolute Gasteiger partial charge is 0.251 e. The van der Waals surface area contributed by atoms with Crippen LogP contribution in [0, 0.1) is 5.92 Å². The van der Waals surface area contributed by atoms with Crippen molar-refractivity contribution in [1.82, 2.24) is 15.3 Å². The number of carbonyl (C=O) groups excluding carboxylic acids is 1. The molecule has 1 aliphatic rings. The van der Waals surface area contributed by atoms with E-state index in [0.717, 1.165) is 34.9 Å². The molecule has 1 atom stereocenters. The van der Waals surface area contributed by atoms with Gasteiger partial charge in [-0.15, -0.1) is 0 Å². The lowest BCUT2D eigenvalue weighted by Crippen LogP contribution is -2.30. The lowest BCUT2D eigenvalue weighted by Gasteiger charge is -2.28. The van der Waals surface area contributed by atoms with Gasteiger partial charge in [0.25, 0.3) is 5.91 Å². The zero-order chi connectivity index (χ0) is 16.7. The van der Waals surface area contributed by atoms with Crippen molar-refractivity contribution in [2.24, 2.45) is 5.92 Å². The fourth-order valence-electron chi connectivity index (χ4n) is 3.34. The number of hydrogen-bond acceptors (Lipinski definition) is 3. The molecule has 5 nitrogen and oxygen atoms in total. The molecule has 1 amide bonds. The van der Waals surface area contributed by atoms with Gasteiger partial charge in [-0.1, -0.05) is 18.2 Å². The molecule has 0 radical (unpaired) electrons. The van der Waals surface area contributed by atoms with Gasteiger partial charge in [-0.2, -0.15) is 0 Å². The molecule has 2 aromatic carbocycles. The molecule has 0 aliphatic heterocycles. The molecule has 4 rings (SSSR count). The SMILES string of the molecule is CNC(=O)c1ccc2cc(C(O)(c3cnc[nH]3)C3CC3)ccc2c1. The Balaban J connectivity index is 1.81. The summed E-state index contributed by atoms with van der Waals surface area (Å²) in [5, 5.41) is 16.0. The van der Waals surface area contributed by atoms with Crippen molar-refractivity contribution in [2.75, 3.05) is 7.05 Å². The predicted octanol–water partition coefficient (Wildman–Crippen LogP) is 2.57. The summed E-state index contributed by atoms with van der Waals surface area (Å²) in [5.41, 5.74) is 1.17. The number of aromatic amines is 1. The van der Waals surface area contributed by atoms with Gasteiger partial charge >= 0.3 is 0 Å². The Labute approximate surface area is 139 Å². The second kappa shape index (κ2) is 5.46. The molecule has 0 spiro atoms. The van der Waals surface area contributed by atoms with Crippen LogP contribution in [0.1, 0.15) is 34.5 Å². The highest BCUT2D eigenvalue weighted by atomic mass is 16.3. The van der Waals surface area contributed by atoms with Gasteiger partial charge in [0.05, 0.1) is 18.2 Å². The van der Waals surface area contributed by atoms with E-state index in [4.69, 9.17) is 0 Å². The van der Waals surface area contributed by atoms with Crippen LogP contribution in [0.15, 0.2) is 48.9 Å². The molecule has 1 heterocycles. The van der Waals surface area contributed by atoms with Gasteiger partial charge in [0.2, 0.25) is 0 Å². The summed E-state index contributed by atoms with van der Waals surface area (Å²) in [6.07, 6.45) is 5.29. The van der Waals surface area contributed by atoms with E-state index in [-0.39, 0.29) is 11.8 Å². The highest BCUT2D eigenvalue weighted by Crippen LogP contribution is 2.49. The molecule has 1 fully saturated rings. The zero-order valence-corrected chi connectivity index (χ0v) is 13.4. The fourth-order valence-corrected chi connectivity index (χ4v) is 3.34. The number of benzene rings is 2. The quantitative estimate of drug-likeness (QED) is 0.691. The number of aromatic nitrogens is 2. The van der Waals surface area contributed by atoms with Crippen molar-refractivity contribution < 1.29 is 9.90 Å². The first-order valence-electron chi connectivity index (χ1n) is 8.10. The minimum absolute atomic E-state index is 0.104. The van der Waals surface area contributed by atoms with Crippen molar-refractivity contribution in [1.29, 1.82) is 0 Å². The first kappa shape index (κ1) is 14.9. The van der Waals surface area contributed by atoms with E-state index < -0.39 is 5.60 Å². The first-order valence-corrected chi connectivity index (χ1v) is 8.10. The first-order chi connectivity index (χ1) is 11.6. The summed E-state index contributed by atoms with van der Waals surface area (Å²) in [6.45, 7) is 0. The van der Waals surface area contributed by atoms with Crippen LogP contribution in [0.5, 0.6) is 0 Å². The van der Waals surface area contributed by atoms with Crippen molar-refractivity contribution in [2.45, 2.75) is 18.4 Å². The second-order valence-corrected chi connectivity index (χ2v) is 6.36. The van der Waals surface area contributed by atoms with Crippen LogP contribution in [0.3, 0.4) is 0 Å². The van der Waals surface area contributed by atoms with Crippen molar-refractivity contribution >= 4 is 16.7 Å². The molecule has 3 aromatic rings. The molecule has 3 N–H and O–H groups in total. The molecule has 1 aliphatic carbocycles. The molecule has 5 heteroatoms. The number of rotatable bonds is 4. The second-order valence-electron chi connectivity index (χ2n) is 6.36. The number of imidazole rings is 1. The zero-order valence-electron chi connectivity index (χ0n) is 13.4. The van der Waals surface area contributed by atoms with Crippen LogP contribution >= 0.6 is 0 Å². The van der Waals surface area contributed by atoms with Gasteiger partial charge in [0.15, 0.2) is 0 Å². The summed E-state index contributed by atoms with van der Waals surface area (Å²) in [5.74, 6) is 0.105. The largest absolute Gasteiger partial charge is 0.379 e. The third-order valence-electron chi connectivity index (χ3n) is 4.85. The highest BCUT2D eigenvalue weighted by molar-refractivity contribution is 5.98. The lowest BCUT2D eigenvalue weighted by molar-refractivity contribution is 0.0525. The van der Waals surface area contributed by atoms with E-state index in [2.05, 4.69) is 15.3 Å². The highest BCUT2D eigenvalue weighted by Gasteiger charge is 2.47. The molecular weight excluding hydrogens is 302 g/mol. The van der Waals surface area contributed by atoms with Crippen LogP contribution in [-0.2, 0) is 5.60 Å². The number of nitrogens with one attached hydrogen (secondary N) is 2. The number of amides is 1. The topological polar surface area (TPSA) is 78.0 Å². The Morgan fingerprint density at radius 2 is 2.00 bits per heavy atom. The molecule has 0 saturated heterocycles. The minimum atomic E-state index is -1.04. The predicted molar refractivity (Wildman–Crippen MR) is 91.6 cm³/mol. The van der Waals surface area contributed by atoms with Crippen LogP contribution in [0.4, 0.5) is 0 Å². The minimum Gasteiger partial charge on any atom is -0.379 e. The summed E-state index contributed by atoms with van der Waals surface area (Å²) < 4.78 is 0. The monoisotopic (exact) mass is 321 g/mol. The standard InChI is InChI=1S/C19H19N3O2/c1-20-18(23)14-3-2-13-9-16(5-4-12(13)8-14)19(24,15-6-7-15)17-10-21-11-22-17/h2-5,8-11,15,24H,6-7H2,1H3,(H,20,23)(H,21,22). The van der Waals surface area contributed by atoms with Crippen LogP contribution in [-0.4, -0.2) is 28.0 Å². The molecule has 0 bridgehead atoms. The molecule has 24 heavy (non-hydrogen) atoms. The average molecular weight is 321 g/mol. The maximum Gasteiger partial charge on any atom is 0.251 e. The summed E-state index contributed by atoms with van der Waals surface area (Å²) in [7, 11) is 1.62. The van der Waals surface area contributed by atoms with Crippen LogP contribution in [0.25, 0.3) is 10.8 Å². The van der Waals surface area contributed by atoms with Gasteiger partial charge in [-0.25, -0.2) is 4.98 Å². The van der Waals surface area contributed by atoms with Crippen molar-refractivity contribution in [3.8, 4) is 0 Å². The van der Waals surface area contributed by atoms with Crippen molar-refractivity contribution in [3.05, 3.63) is 65.7 Å². The van der Waals surface area contributed by atoms with Crippen LogP contribution < -0.4 is 5.32 Å². The van der Waals surface area contributed by atoms with Gasteiger partial charge in [0, 0.05) is 12.6 Å². The Morgan fingerprint density at radius 1 is 1.25 bits per heavy atom. The average Bonchev–Trinajstić information content (AvgIpc) is 3.34. The number of aliphatic hydroxyl groups is 1. The van der Waals surface area contributed by atoms with Crippen LogP contribution in [0.2, 0.25) is 0 Å². The normalized spacial score (nSPS) is 16.8. The third-order valence-corrected chi connectivity index (χ3v) is 4.85. The number of nitrogens with zero attached hydrogens (tertiary/aromatic N) is 1. The summed E-state index contributed by atoms with van der Waals surface area (Å²) in [6, 6.07) is 11.5. The molecule has 122 valence electrons. The number of carbonyl (C=O) groups is 1. The Bertz CT molecular complexity index is 900. The lowest BCUT2D eigenvalue weighted by atomic mass is 9.85. The number of fused-ring (bicyclic) bond motifs is 1. The molecule has 1 saturated carbocycles. The van der Waals surface area contributed by atoms with Gasteiger partial charge < -0.3 is 15.4 Å². The fraction of sp³-hybridized carbons (Fsp3) is 0.263. The third kappa shape index (κ3) is 2.29. The summed E-state index contributed by atoms with van der Waals surface area (Å²) >= 11 is 0. The molecule has 1 unspecified atom stereocenters. The summed E-state index contributed by atoms with van der Waals surface area (Å²) in [4.78, 5) is 18.9. The number of hydrogen-bond donors (Lipinski definition) is 3. The Kier molecular flexibility index (Phi) is 3.39. The van der Waals surface area contributed by atoms with E-state index in [1.54, 1.807) is 25.6 Å². The van der Waals surface area contributed by atoms with E-state index in [1.807, 2.05) is 30.3 Å². The Hall–Kier alpha value is -2.66. The Morgan fingerprint density at radius 3 is 2.67 bits per heavy atom.